The number of hydrazone groups is 1. The fraction of sp³-hybridized carbons (Fsp3) is 0.154. The summed E-state index contributed by atoms with van der Waals surface area (Å²) < 4.78 is 94.2. The van der Waals surface area contributed by atoms with Crippen molar-refractivity contribution < 1.29 is 40.6 Å². The standard InChI is InChI=1S/C26H17ClF6N2O3/c1-3-37-18-10-14(9-17(27)25(18)38-11-13-5-4-6-15(28)7-13)8-16-12(2)34-35(26(16)36)24-22(32)20(30)19(29)21(31)23(24)33/h4-10H,3,11H2,1-2H3/b16-8+. The summed E-state index contributed by atoms with van der Waals surface area (Å²) in [5.41, 5.74) is -0.927. The van der Waals surface area contributed by atoms with E-state index in [2.05, 4.69) is 5.10 Å². The predicted octanol–water partition coefficient (Wildman–Crippen LogP) is 6.96. The molecule has 4 rings (SSSR count). The Balaban J connectivity index is 1.68. The average Bonchev–Trinajstić information content (AvgIpc) is 3.14. The fourth-order valence-corrected chi connectivity index (χ4v) is 3.91. The Kier molecular flexibility index (Phi) is 7.68. The second-order valence-corrected chi connectivity index (χ2v) is 8.37. The number of rotatable bonds is 7. The molecule has 0 aromatic heterocycles. The van der Waals surface area contributed by atoms with Crippen LogP contribution in [0.3, 0.4) is 0 Å². The quantitative estimate of drug-likeness (QED) is 0.137. The number of halogens is 7. The summed E-state index contributed by atoms with van der Waals surface area (Å²) in [6.07, 6.45) is 1.26. The Morgan fingerprint density at radius 2 is 1.61 bits per heavy atom. The molecule has 0 saturated carbocycles. The number of benzene rings is 3. The van der Waals surface area contributed by atoms with E-state index in [9.17, 15) is 31.1 Å². The van der Waals surface area contributed by atoms with Gasteiger partial charge in [-0.2, -0.15) is 10.1 Å². The molecule has 0 fully saturated rings. The van der Waals surface area contributed by atoms with Crippen LogP contribution in [0.4, 0.5) is 32.0 Å². The third kappa shape index (κ3) is 5.06. The lowest BCUT2D eigenvalue weighted by Crippen LogP contribution is -2.25. The van der Waals surface area contributed by atoms with Gasteiger partial charge in [-0.15, -0.1) is 0 Å². The van der Waals surface area contributed by atoms with Crippen LogP contribution in [0.5, 0.6) is 11.5 Å². The van der Waals surface area contributed by atoms with Crippen molar-refractivity contribution in [3.8, 4) is 11.5 Å². The van der Waals surface area contributed by atoms with Crippen molar-refractivity contribution in [2.75, 3.05) is 11.6 Å². The molecule has 38 heavy (non-hydrogen) atoms. The Morgan fingerprint density at radius 3 is 2.24 bits per heavy atom. The Hall–Kier alpha value is -3.99. The van der Waals surface area contributed by atoms with E-state index in [0.29, 0.717) is 5.56 Å². The van der Waals surface area contributed by atoms with E-state index in [1.54, 1.807) is 13.0 Å². The van der Waals surface area contributed by atoms with Gasteiger partial charge >= 0.3 is 0 Å². The van der Waals surface area contributed by atoms with E-state index in [-0.39, 0.29) is 51.6 Å². The van der Waals surface area contributed by atoms with Gasteiger partial charge < -0.3 is 9.47 Å². The maximum Gasteiger partial charge on any atom is 0.280 e. The topological polar surface area (TPSA) is 51.1 Å². The molecule has 1 aliphatic rings. The van der Waals surface area contributed by atoms with Crippen LogP contribution in [0.15, 0.2) is 47.1 Å². The zero-order chi connectivity index (χ0) is 27.7. The number of anilines is 1. The summed E-state index contributed by atoms with van der Waals surface area (Å²) in [5, 5.41) is 3.87. The van der Waals surface area contributed by atoms with Crippen molar-refractivity contribution in [2.24, 2.45) is 5.10 Å². The number of carbonyl (C=O) groups is 1. The molecule has 0 unspecified atom stereocenters. The molecule has 1 amide bonds. The molecular weight excluding hydrogens is 538 g/mol. The van der Waals surface area contributed by atoms with Gasteiger partial charge in [0.1, 0.15) is 18.1 Å². The van der Waals surface area contributed by atoms with Crippen LogP contribution in [0.25, 0.3) is 6.08 Å². The van der Waals surface area contributed by atoms with Crippen LogP contribution in [-0.4, -0.2) is 18.2 Å². The third-order valence-electron chi connectivity index (χ3n) is 5.38. The van der Waals surface area contributed by atoms with Gasteiger partial charge in [-0.3, -0.25) is 4.79 Å². The Labute approximate surface area is 217 Å². The summed E-state index contributed by atoms with van der Waals surface area (Å²) in [6.45, 7) is 3.20. The lowest BCUT2D eigenvalue weighted by molar-refractivity contribution is -0.114. The van der Waals surface area contributed by atoms with Crippen LogP contribution >= 0.6 is 11.6 Å². The first kappa shape index (κ1) is 27.1. The second-order valence-electron chi connectivity index (χ2n) is 7.96. The number of hydrogen-bond donors (Lipinski definition) is 0. The van der Waals surface area contributed by atoms with Gasteiger partial charge in [0.25, 0.3) is 5.91 Å². The van der Waals surface area contributed by atoms with Gasteiger partial charge in [-0.25, -0.2) is 26.3 Å². The molecule has 3 aromatic carbocycles. The van der Waals surface area contributed by atoms with Crippen molar-refractivity contribution in [2.45, 2.75) is 20.5 Å². The highest BCUT2D eigenvalue weighted by molar-refractivity contribution is 6.33. The molecule has 0 radical (unpaired) electrons. The average molecular weight is 555 g/mol. The van der Waals surface area contributed by atoms with Crippen LogP contribution in [0, 0.1) is 34.9 Å². The van der Waals surface area contributed by atoms with Crippen molar-refractivity contribution in [1.82, 2.24) is 0 Å². The number of amides is 1. The van der Waals surface area contributed by atoms with Crippen LogP contribution in [0.2, 0.25) is 5.02 Å². The van der Waals surface area contributed by atoms with Crippen molar-refractivity contribution in [1.29, 1.82) is 0 Å². The molecular formula is C26H17ClF6N2O3. The molecule has 198 valence electrons. The highest BCUT2D eigenvalue weighted by Gasteiger charge is 2.37. The summed E-state index contributed by atoms with van der Waals surface area (Å²) >= 11 is 6.39. The summed E-state index contributed by atoms with van der Waals surface area (Å²) in [4.78, 5) is 12.9. The van der Waals surface area contributed by atoms with E-state index in [1.165, 1.54) is 43.3 Å². The minimum absolute atomic E-state index is 0.0287. The van der Waals surface area contributed by atoms with Gasteiger partial charge in [0, 0.05) is 0 Å². The van der Waals surface area contributed by atoms with E-state index < -0.39 is 46.5 Å². The highest BCUT2D eigenvalue weighted by atomic mass is 35.5. The first-order valence-electron chi connectivity index (χ1n) is 11.0. The number of ether oxygens (including phenoxy) is 2. The van der Waals surface area contributed by atoms with Crippen LogP contribution in [0.1, 0.15) is 25.0 Å². The molecule has 0 N–H and O–H groups in total. The van der Waals surface area contributed by atoms with Gasteiger partial charge in [-0.05, 0) is 55.3 Å². The van der Waals surface area contributed by atoms with Crippen LogP contribution < -0.4 is 14.5 Å². The zero-order valence-corrected chi connectivity index (χ0v) is 20.5. The van der Waals surface area contributed by atoms with Crippen molar-refractivity contribution in [3.63, 3.8) is 0 Å². The monoisotopic (exact) mass is 554 g/mol. The van der Waals surface area contributed by atoms with Gasteiger partial charge in [-0.1, -0.05) is 23.7 Å². The highest BCUT2D eigenvalue weighted by Crippen LogP contribution is 2.39. The lowest BCUT2D eigenvalue weighted by Gasteiger charge is -2.15. The van der Waals surface area contributed by atoms with Crippen LogP contribution in [-0.2, 0) is 11.4 Å². The minimum Gasteiger partial charge on any atom is -0.490 e. The molecule has 0 aliphatic carbocycles. The van der Waals surface area contributed by atoms with E-state index in [4.69, 9.17) is 21.1 Å². The lowest BCUT2D eigenvalue weighted by atomic mass is 10.1. The first-order valence-corrected chi connectivity index (χ1v) is 11.4. The number of carbonyl (C=O) groups excluding carboxylic acids is 1. The van der Waals surface area contributed by atoms with Crippen molar-refractivity contribution >= 4 is 35.0 Å². The Bertz CT molecular complexity index is 1480. The largest absolute Gasteiger partial charge is 0.490 e. The van der Waals surface area contributed by atoms with Gasteiger partial charge in [0.05, 0.1) is 22.9 Å². The third-order valence-corrected chi connectivity index (χ3v) is 5.66. The second kappa shape index (κ2) is 10.8. The molecule has 0 saturated heterocycles. The van der Waals surface area contributed by atoms with E-state index in [0.717, 1.165) is 0 Å². The maximum atomic E-state index is 14.3. The van der Waals surface area contributed by atoms with Crippen molar-refractivity contribution in [3.05, 3.63) is 93.0 Å². The maximum absolute atomic E-state index is 14.3. The number of hydrogen-bond acceptors (Lipinski definition) is 4. The summed E-state index contributed by atoms with van der Waals surface area (Å²) in [5.74, 6) is -12.4. The normalized spacial score (nSPS) is 14.3. The fourth-order valence-electron chi connectivity index (χ4n) is 3.64. The molecule has 0 bridgehead atoms. The number of nitrogens with zero attached hydrogens (tertiary/aromatic N) is 2. The summed E-state index contributed by atoms with van der Waals surface area (Å²) in [6, 6.07) is 8.61. The predicted molar refractivity (Wildman–Crippen MR) is 128 cm³/mol. The van der Waals surface area contributed by atoms with E-state index >= 15 is 0 Å². The molecule has 1 aliphatic heterocycles. The van der Waals surface area contributed by atoms with Gasteiger partial charge in [0.2, 0.25) is 5.82 Å². The summed E-state index contributed by atoms with van der Waals surface area (Å²) in [7, 11) is 0. The minimum atomic E-state index is -2.36. The molecule has 0 spiro atoms. The van der Waals surface area contributed by atoms with E-state index in [1.807, 2.05) is 0 Å². The zero-order valence-electron chi connectivity index (χ0n) is 19.7. The molecule has 0 atom stereocenters. The first-order chi connectivity index (χ1) is 18.0. The SMILES string of the molecule is CCOc1cc(/C=C2/C(=O)N(c3c(F)c(F)c(F)c(F)c3F)N=C2C)cc(Cl)c1OCc1cccc(F)c1. The molecule has 12 heteroatoms. The molecule has 5 nitrogen and oxygen atoms in total. The van der Waals surface area contributed by atoms with Gasteiger partial charge in [0.15, 0.2) is 34.8 Å². The molecule has 3 aromatic rings. The molecule has 1 heterocycles. The smallest absolute Gasteiger partial charge is 0.280 e. The Morgan fingerprint density at radius 1 is 0.947 bits per heavy atom.